The summed E-state index contributed by atoms with van der Waals surface area (Å²) in [7, 11) is 3.30. The summed E-state index contributed by atoms with van der Waals surface area (Å²) in [4.78, 5) is 14.2. The number of benzene rings is 1. The van der Waals surface area contributed by atoms with Crippen LogP contribution in [0.25, 0.3) is 0 Å². The van der Waals surface area contributed by atoms with E-state index in [4.69, 9.17) is 4.74 Å². The van der Waals surface area contributed by atoms with Gasteiger partial charge in [-0.3, -0.25) is 4.79 Å². The van der Waals surface area contributed by atoms with E-state index in [1.165, 1.54) is 25.3 Å². The van der Waals surface area contributed by atoms with E-state index in [0.29, 0.717) is 18.2 Å². The molecule has 20 heavy (non-hydrogen) atoms. The molecule has 1 aliphatic heterocycles. The second-order valence-electron chi connectivity index (χ2n) is 4.73. The van der Waals surface area contributed by atoms with Crippen LogP contribution in [0.3, 0.4) is 0 Å². The van der Waals surface area contributed by atoms with E-state index in [-0.39, 0.29) is 24.1 Å². The van der Waals surface area contributed by atoms with Gasteiger partial charge < -0.3 is 15.0 Å². The van der Waals surface area contributed by atoms with Crippen molar-refractivity contribution in [2.75, 3.05) is 27.2 Å². The minimum absolute atomic E-state index is 0. The number of halogens is 2. The van der Waals surface area contributed by atoms with Gasteiger partial charge in [-0.25, -0.2) is 4.39 Å². The topological polar surface area (TPSA) is 41.6 Å². The highest BCUT2D eigenvalue weighted by Crippen LogP contribution is 2.20. The van der Waals surface area contributed by atoms with Crippen LogP contribution >= 0.6 is 12.4 Å². The summed E-state index contributed by atoms with van der Waals surface area (Å²) in [6, 6.07) is 4.56. The second-order valence-corrected chi connectivity index (χ2v) is 4.73. The average Bonchev–Trinajstić information content (AvgIpc) is 2.47. The lowest BCUT2D eigenvalue weighted by molar-refractivity contribution is 0.0697. The fourth-order valence-corrected chi connectivity index (χ4v) is 2.37. The van der Waals surface area contributed by atoms with Crippen molar-refractivity contribution in [2.24, 2.45) is 0 Å². The third-order valence-corrected chi connectivity index (χ3v) is 3.51. The van der Waals surface area contributed by atoms with E-state index in [9.17, 15) is 9.18 Å². The molecule has 0 bridgehead atoms. The summed E-state index contributed by atoms with van der Waals surface area (Å²) in [5.41, 5.74) is 0.468. The summed E-state index contributed by atoms with van der Waals surface area (Å²) in [6.07, 6.45) is 2.06. The van der Waals surface area contributed by atoms with Crippen molar-refractivity contribution in [3.8, 4) is 5.75 Å². The highest BCUT2D eigenvalue weighted by atomic mass is 35.5. The third-order valence-electron chi connectivity index (χ3n) is 3.51. The van der Waals surface area contributed by atoms with Crippen LogP contribution in [-0.2, 0) is 0 Å². The zero-order valence-corrected chi connectivity index (χ0v) is 12.5. The number of nitrogens with zero attached hydrogens (tertiary/aromatic N) is 1. The third kappa shape index (κ3) is 3.61. The monoisotopic (exact) mass is 302 g/mol. The summed E-state index contributed by atoms with van der Waals surface area (Å²) >= 11 is 0. The molecule has 1 amide bonds. The fraction of sp³-hybridized carbons (Fsp3) is 0.500. The normalized spacial score (nSPS) is 18.4. The molecule has 0 aromatic heterocycles. The number of carbonyl (C=O) groups excluding carboxylic acids is 1. The Bertz CT molecular complexity index is 470. The minimum Gasteiger partial charge on any atom is -0.494 e. The number of ether oxygens (including phenoxy) is 1. The maximum Gasteiger partial charge on any atom is 0.254 e. The number of hydrogen-bond acceptors (Lipinski definition) is 3. The average molecular weight is 303 g/mol. The first-order valence-corrected chi connectivity index (χ1v) is 6.45. The van der Waals surface area contributed by atoms with E-state index < -0.39 is 5.82 Å². The molecule has 2 rings (SSSR count). The molecule has 1 heterocycles. The molecule has 112 valence electrons. The standard InChI is InChI=1S/C14H19FN2O2.ClH/c1-16-11-4-3-7-17(9-11)14(18)10-5-6-12(15)13(8-10)19-2;/h5-6,8,11,16H,3-4,7,9H2,1-2H3;1H. The smallest absolute Gasteiger partial charge is 0.254 e. The zero-order valence-electron chi connectivity index (χ0n) is 11.7. The Balaban J connectivity index is 0.00000200. The maximum atomic E-state index is 13.3. The van der Waals surface area contributed by atoms with Crippen LogP contribution in [0.1, 0.15) is 23.2 Å². The van der Waals surface area contributed by atoms with E-state index in [1.54, 1.807) is 4.90 Å². The highest BCUT2D eigenvalue weighted by molar-refractivity contribution is 5.94. The Morgan fingerprint density at radius 1 is 1.50 bits per heavy atom. The molecule has 1 aromatic carbocycles. The number of piperidine rings is 1. The molecule has 6 heteroatoms. The Kier molecular flexibility index (Phi) is 6.23. The number of methoxy groups -OCH3 is 1. The molecule has 1 saturated heterocycles. The van der Waals surface area contributed by atoms with Gasteiger partial charge in [0.25, 0.3) is 5.91 Å². The molecular weight excluding hydrogens is 283 g/mol. The van der Waals surface area contributed by atoms with Gasteiger partial charge in [-0.05, 0) is 38.1 Å². The van der Waals surface area contributed by atoms with Crippen molar-refractivity contribution >= 4 is 18.3 Å². The number of amides is 1. The first-order chi connectivity index (χ1) is 9.15. The number of hydrogen-bond donors (Lipinski definition) is 1. The van der Waals surface area contributed by atoms with Gasteiger partial charge in [0.1, 0.15) is 0 Å². The lowest BCUT2D eigenvalue weighted by Gasteiger charge is -2.32. The van der Waals surface area contributed by atoms with Crippen LogP contribution in [0.15, 0.2) is 18.2 Å². The first-order valence-electron chi connectivity index (χ1n) is 6.45. The Morgan fingerprint density at radius 3 is 2.90 bits per heavy atom. The van der Waals surface area contributed by atoms with Crippen molar-refractivity contribution in [3.05, 3.63) is 29.6 Å². The second kappa shape index (κ2) is 7.45. The van der Waals surface area contributed by atoms with E-state index in [1.807, 2.05) is 7.05 Å². The van der Waals surface area contributed by atoms with Crippen molar-refractivity contribution in [1.82, 2.24) is 10.2 Å². The molecule has 4 nitrogen and oxygen atoms in total. The van der Waals surface area contributed by atoms with Gasteiger partial charge in [-0.15, -0.1) is 12.4 Å². The lowest BCUT2D eigenvalue weighted by Crippen LogP contribution is -2.46. The van der Waals surface area contributed by atoms with Crippen LogP contribution in [-0.4, -0.2) is 44.1 Å². The molecule has 1 atom stereocenters. The molecule has 1 aliphatic rings. The van der Waals surface area contributed by atoms with E-state index >= 15 is 0 Å². The fourth-order valence-electron chi connectivity index (χ4n) is 2.37. The summed E-state index contributed by atoms with van der Waals surface area (Å²) in [5, 5.41) is 3.19. The van der Waals surface area contributed by atoms with Gasteiger partial charge in [0, 0.05) is 24.7 Å². The number of likely N-dealkylation sites (N-methyl/N-ethyl adjacent to an activating group) is 1. The van der Waals surface area contributed by atoms with E-state index in [2.05, 4.69) is 5.32 Å². The first kappa shape index (κ1) is 16.7. The van der Waals surface area contributed by atoms with Gasteiger partial charge >= 0.3 is 0 Å². The predicted molar refractivity (Wildman–Crippen MR) is 78.2 cm³/mol. The summed E-state index contributed by atoms with van der Waals surface area (Å²) < 4.78 is 18.2. The van der Waals surface area contributed by atoms with Crippen LogP contribution < -0.4 is 10.1 Å². The SMILES string of the molecule is CNC1CCCN(C(=O)c2ccc(F)c(OC)c2)C1.Cl. The predicted octanol–water partition coefficient (Wildman–Crippen LogP) is 2.08. The number of rotatable bonds is 3. The van der Waals surface area contributed by atoms with Crippen molar-refractivity contribution in [1.29, 1.82) is 0 Å². The van der Waals surface area contributed by atoms with E-state index in [0.717, 1.165) is 19.4 Å². The van der Waals surface area contributed by atoms with Crippen LogP contribution in [0.4, 0.5) is 4.39 Å². The molecular formula is C14H20ClFN2O2. The van der Waals surface area contributed by atoms with Gasteiger partial charge in [-0.2, -0.15) is 0 Å². The van der Waals surface area contributed by atoms with Crippen LogP contribution in [0.5, 0.6) is 5.75 Å². The Morgan fingerprint density at radius 2 is 2.25 bits per heavy atom. The van der Waals surface area contributed by atoms with Gasteiger partial charge in [-0.1, -0.05) is 0 Å². The molecule has 1 N–H and O–H groups in total. The largest absolute Gasteiger partial charge is 0.494 e. The number of likely N-dealkylation sites (tertiary alicyclic amines) is 1. The maximum absolute atomic E-state index is 13.3. The Labute approximate surface area is 124 Å². The number of nitrogens with one attached hydrogen (secondary N) is 1. The molecule has 1 aromatic rings. The van der Waals surface area contributed by atoms with Crippen molar-refractivity contribution < 1.29 is 13.9 Å². The quantitative estimate of drug-likeness (QED) is 0.929. The minimum atomic E-state index is -0.453. The molecule has 0 saturated carbocycles. The molecule has 0 spiro atoms. The summed E-state index contributed by atoms with van der Waals surface area (Å²) in [5.74, 6) is -0.419. The molecule has 1 fully saturated rings. The van der Waals surface area contributed by atoms with Gasteiger partial charge in [0.05, 0.1) is 7.11 Å². The van der Waals surface area contributed by atoms with Gasteiger partial charge in [0.15, 0.2) is 11.6 Å². The highest BCUT2D eigenvalue weighted by Gasteiger charge is 2.24. The zero-order chi connectivity index (χ0) is 13.8. The lowest BCUT2D eigenvalue weighted by atomic mass is 10.0. The summed E-state index contributed by atoms with van der Waals surface area (Å²) in [6.45, 7) is 1.44. The van der Waals surface area contributed by atoms with Crippen LogP contribution in [0.2, 0.25) is 0 Å². The molecule has 1 unspecified atom stereocenters. The van der Waals surface area contributed by atoms with Crippen molar-refractivity contribution in [2.45, 2.75) is 18.9 Å². The Hall–Kier alpha value is -1.33. The molecule has 0 radical (unpaired) electrons. The van der Waals surface area contributed by atoms with Gasteiger partial charge in [0.2, 0.25) is 0 Å². The van der Waals surface area contributed by atoms with Crippen molar-refractivity contribution in [3.63, 3.8) is 0 Å². The van der Waals surface area contributed by atoms with Crippen LogP contribution in [0, 0.1) is 5.82 Å². The number of carbonyl (C=O) groups is 1. The molecule has 0 aliphatic carbocycles.